The predicted octanol–water partition coefficient (Wildman–Crippen LogP) is 3.73. The van der Waals surface area contributed by atoms with Gasteiger partial charge in [-0.05, 0) is 13.3 Å². The molecular weight excluding hydrogens is 321 g/mol. The number of carbonyl (C=O) groups is 1. The van der Waals surface area contributed by atoms with Gasteiger partial charge in [-0.1, -0.05) is 12.1 Å². The number of thiazole rings is 1. The lowest BCUT2D eigenvalue weighted by Crippen LogP contribution is -2.32. The number of amides is 2. The van der Waals surface area contributed by atoms with E-state index in [0.29, 0.717) is 12.1 Å². The molecule has 0 fully saturated rings. The zero-order valence-electron chi connectivity index (χ0n) is 11.7. The average Bonchev–Trinajstić information content (AvgIpc) is 3.04. The maximum absolute atomic E-state index is 12.5. The lowest BCUT2D eigenvalue weighted by atomic mass is 10.2. The molecule has 0 aromatic carbocycles. The van der Waals surface area contributed by atoms with E-state index in [0.717, 1.165) is 16.7 Å². The Kier molecular flexibility index (Phi) is 4.69. The molecule has 10 heteroatoms. The van der Waals surface area contributed by atoms with Crippen LogP contribution in [0.15, 0.2) is 16.0 Å². The van der Waals surface area contributed by atoms with E-state index in [2.05, 4.69) is 20.8 Å². The van der Waals surface area contributed by atoms with Gasteiger partial charge < -0.3 is 9.84 Å². The minimum absolute atomic E-state index is 0.153. The Morgan fingerprint density at radius 2 is 2.23 bits per heavy atom. The fourth-order valence-corrected chi connectivity index (χ4v) is 2.60. The van der Waals surface area contributed by atoms with Crippen LogP contribution in [0.5, 0.6) is 0 Å². The molecule has 0 saturated heterocycles. The molecule has 0 bridgehead atoms. The molecule has 0 unspecified atom stereocenters. The van der Waals surface area contributed by atoms with Crippen LogP contribution in [0, 0.1) is 6.92 Å². The summed E-state index contributed by atoms with van der Waals surface area (Å²) >= 11 is 0.852. The van der Waals surface area contributed by atoms with Crippen molar-refractivity contribution in [1.29, 1.82) is 0 Å². The van der Waals surface area contributed by atoms with E-state index in [9.17, 15) is 18.0 Å². The van der Waals surface area contributed by atoms with Crippen LogP contribution in [0.4, 0.5) is 23.8 Å². The van der Waals surface area contributed by atoms with Gasteiger partial charge in [0, 0.05) is 11.4 Å². The maximum atomic E-state index is 12.5. The van der Waals surface area contributed by atoms with Crippen molar-refractivity contribution in [2.24, 2.45) is 0 Å². The van der Waals surface area contributed by atoms with Crippen molar-refractivity contribution < 1.29 is 22.5 Å². The van der Waals surface area contributed by atoms with Crippen molar-refractivity contribution >= 4 is 23.3 Å². The molecule has 2 aromatic heterocycles. The van der Waals surface area contributed by atoms with Gasteiger partial charge in [-0.25, -0.2) is 9.78 Å². The largest absolute Gasteiger partial charge is 0.434 e. The summed E-state index contributed by atoms with van der Waals surface area (Å²) in [4.78, 5) is 15.3. The van der Waals surface area contributed by atoms with Crippen molar-refractivity contribution in [2.75, 3.05) is 5.32 Å². The van der Waals surface area contributed by atoms with Crippen LogP contribution >= 0.6 is 11.3 Å². The van der Waals surface area contributed by atoms with Gasteiger partial charge in [0.25, 0.3) is 0 Å². The molecule has 2 N–H and O–H groups in total. The first kappa shape index (κ1) is 16.3. The standard InChI is InChI=1S/C12H13F3N4O2S/c1-3-7(10-17-8(5-22-10)12(13,14)15)16-11(20)18-9-4-6(2)19-21-9/h4-5,7H,3H2,1-2H3,(H2,16,18,20)/t7-/m0/s1. The number of alkyl halides is 3. The Morgan fingerprint density at radius 1 is 1.50 bits per heavy atom. The van der Waals surface area contributed by atoms with E-state index in [1.54, 1.807) is 13.8 Å². The van der Waals surface area contributed by atoms with Crippen molar-refractivity contribution in [2.45, 2.75) is 32.5 Å². The van der Waals surface area contributed by atoms with Gasteiger partial charge in [0.05, 0.1) is 11.7 Å². The molecule has 0 aliphatic heterocycles. The van der Waals surface area contributed by atoms with Gasteiger partial charge in [-0.15, -0.1) is 11.3 Å². The Bertz CT molecular complexity index is 653. The summed E-state index contributed by atoms with van der Waals surface area (Å²) in [6, 6.07) is 0.294. The molecule has 120 valence electrons. The molecule has 2 amide bonds. The smallest absolute Gasteiger partial charge is 0.338 e. The molecule has 0 radical (unpaired) electrons. The second kappa shape index (κ2) is 6.34. The van der Waals surface area contributed by atoms with Gasteiger partial charge >= 0.3 is 12.2 Å². The molecule has 2 aromatic rings. The number of urea groups is 1. The first-order chi connectivity index (χ1) is 10.3. The van der Waals surface area contributed by atoms with E-state index in [4.69, 9.17) is 4.52 Å². The average molecular weight is 334 g/mol. The Hall–Kier alpha value is -2.10. The summed E-state index contributed by atoms with van der Waals surface area (Å²) in [5.41, 5.74) is -0.365. The van der Waals surface area contributed by atoms with Gasteiger partial charge in [-0.3, -0.25) is 5.32 Å². The number of hydrogen-bond donors (Lipinski definition) is 2. The fraction of sp³-hybridized carbons (Fsp3) is 0.417. The van der Waals surface area contributed by atoms with Crippen LogP contribution in [0.25, 0.3) is 0 Å². The lowest BCUT2D eigenvalue weighted by molar-refractivity contribution is -0.140. The zero-order chi connectivity index (χ0) is 16.3. The summed E-state index contributed by atoms with van der Waals surface area (Å²) < 4.78 is 42.5. The monoisotopic (exact) mass is 334 g/mol. The van der Waals surface area contributed by atoms with Gasteiger partial charge in [0.2, 0.25) is 5.88 Å². The highest BCUT2D eigenvalue weighted by Crippen LogP contribution is 2.32. The van der Waals surface area contributed by atoms with E-state index in [-0.39, 0.29) is 10.9 Å². The van der Waals surface area contributed by atoms with E-state index in [1.165, 1.54) is 6.07 Å². The number of anilines is 1. The van der Waals surface area contributed by atoms with Gasteiger partial charge in [0.15, 0.2) is 5.69 Å². The topological polar surface area (TPSA) is 80.0 Å². The Balaban J connectivity index is 2.02. The van der Waals surface area contributed by atoms with E-state index >= 15 is 0 Å². The highest BCUT2D eigenvalue weighted by Gasteiger charge is 2.34. The maximum Gasteiger partial charge on any atom is 0.434 e. The molecule has 0 aliphatic rings. The van der Waals surface area contributed by atoms with Gasteiger partial charge in [0.1, 0.15) is 5.01 Å². The Labute approximate surface area is 127 Å². The summed E-state index contributed by atoms with van der Waals surface area (Å²) in [6.45, 7) is 3.42. The first-order valence-corrected chi connectivity index (χ1v) is 7.21. The minimum Gasteiger partial charge on any atom is -0.338 e. The van der Waals surface area contributed by atoms with Crippen molar-refractivity contribution in [3.05, 3.63) is 27.8 Å². The summed E-state index contributed by atoms with van der Waals surface area (Å²) in [7, 11) is 0. The van der Waals surface area contributed by atoms with Crippen LogP contribution < -0.4 is 10.6 Å². The first-order valence-electron chi connectivity index (χ1n) is 6.33. The highest BCUT2D eigenvalue weighted by molar-refractivity contribution is 7.09. The molecule has 0 aliphatic carbocycles. The second-order valence-electron chi connectivity index (χ2n) is 4.46. The number of hydrogen-bond acceptors (Lipinski definition) is 5. The number of nitrogens with one attached hydrogen (secondary N) is 2. The molecule has 0 saturated carbocycles. The second-order valence-corrected chi connectivity index (χ2v) is 5.35. The van der Waals surface area contributed by atoms with Crippen molar-refractivity contribution in [3.63, 3.8) is 0 Å². The van der Waals surface area contributed by atoms with Crippen LogP contribution in [-0.4, -0.2) is 16.2 Å². The van der Waals surface area contributed by atoms with E-state index < -0.39 is 23.9 Å². The number of aryl methyl sites for hydroxylation is 1. The zero-order valence-corrected chi connectivity index (χ0v) is 12.5. The quantitative estimate of drug-likeness (QED) is 0.893. The third kappa shape index (κ3) is 3.97. The number of halogens is 3. The summed E-state index contributed by atoms with van der Waals surface area (Å²) in [5, 5.41) is 9.68. The van der Waals surface area contributed by atoms with Crippen LogP contribution in [-0.2, 0) is 6.18 Å². The molecule has 6 nitrogen and oxygen atoms in total. The number of carbonyl (C=O) groups excluding carboxylic acids is 1. The molecule has 22 heavy (non-hydrogen) atoms. The van der Waals surface area contributed by atoms with Crippen LogP contribution in [0.2, 0.25) is 0 Å². The normalized spacial score (nSPS) is 13.0. The van der Waals surface area contributed by atoms with Crippen molar-refractivity contribution in [3.8, 4) is 0 Å². The fourth-order valence-electron chi connectivity index (χ4n) is 1.65. The van der Waals surface area contributed by atoms with Crippen LogP contribution in [0.3, 0.4) is 0 Å². The predicted molar refractivity (Wildman–Crippen MR) is 73.5 cm³/mol. The lowest BCUT2D eigenvalue weighted by Gasteiger charge is -2.14. The van der Waals surface area contributed by atoms with Crippen LogP contribution in [0.1, 0.15) is 35.8 Å². The van der Waals surface area contributed by atoms with Gasteiger partial charge in [-0.2, -0.15) is 13.2 Å². The molecule has 2 heterocycles. The van der Waals surface area contributed by atoms with Crippen molar-refractivity contribution in [1.82, 2.24) is 15.5 Å². The third-order valence-electron chi connectivity index (χ3n) is 2.69. The molecule has 0 spiro atoms. The molecule has 2 rings (SSSR count). The number of aromatic nitrogens is 2. The highest BCUT2D eigenvalue weighted by atomic mass is 32.1. The van der Waals surface area contributed by atoms with E-state index in [1.807, 2.05) is 0 Å². The Morgan fingerprint density at radius 3 is 2.73 bits per heavy atom. The molecular formula is C12H13F3N4O2S. The SMILES string of the molecule is CC[C@H](NC(=O)Nc1cc(C)no1)c1nc(C(F)(F)F)cs1. The number of rotatable bonds is 4. The third-order valence-corrected chi connectivity index (χ3v) is 3.65. The summed E-state index contributed by atoms with van der Waals surface area (Å²) in [6.07, 6.45) is -4.10. The number of nitrogens with zero attached hydrogens (tertiary/aromatic N) is 2. The summed E-state index contributed by atoms with van der Waals surface area (Å²) in [5.74, 6) is 0.153. The minimum atomic E-state index is -4.49. The molecule has 1 atom stereocenters.